The topological polar surface area (TPSA) is 98.7 Å². The van der Waals surface area contributed by atoms with Crippen LogP contribution in [0.1, 0.15) is 12.5 Å². The molecule has 0 fully saturated rings. The van der Waals surface area contributed by atoms with Crippen LogP contribution in [0.5, 0.6) is 0 Å². The number of hydrogen-bond donors (Lipinski definition) is 4. The number of rotatable bonds is 8. The molecule has 0 heterocycles. The molecule has 1 aromatic carbocycles. The molecule has 0 aliphatic carbocycles. The molecule has 7 heteroatoms. The van der Waals surface area contributed by atoms with Crippen LogP contribution in [0.2, 0.25) is 0 Å². The van der Waals surface area contributed by atoms with Gasteiger partial charge in [-0.2, -0.15) is 0 Å². The van der Waals surface area contributed by atoms with E-state index in [4.69, 9.17) is 16.7 Å². The smallest absolute Gasteiger partial charge is 0.326 e. The number of aliphatic carboxylic acids is 1. The number of benzene rings is 1. The Kier molecular flexibility index (Phi) is 6.98. The number of amides is 1. The second kappa shape index (κ2) is 8.49. The van der Waals surface area contributed by atoms with Crippen molar-refractivity contribution >= 4 is 29.2 Å². The summed E-state index contributed by atoms with van der Waals surface area (Å²) in [4.78, 5) is 22.0. The molecule has 0 aliphatic heterocycles. The van der Waals surface area contributed by atoms with Crippen molar-refractivity contribution in [3.8, 4) is 0 Å². The summed E-state index contributed by atoms with van der Waals surface area (Å²) in [6.45, 7) is 1.62. The molecule has 0 radical (unpaired) electrons. The fourth-order valence-corrected chi connectivity index (χ4v) is 1.84. The molecule has 1 amide bonds. The van der Waals surface area contributed by atoms with Crippen molar-refractivity contribution < 1.29 is 19.8 Å². The van der Waals surface area contributed by atoms with Gasteiger partial charge in [0.15, 0.2) is 0 Å². The van der Waals surface area contributed by atoms with Crippen LogP contribution in [0.25, 0.3) is 0 Å². The number of alkyl halides is 1. The van der Waals surface area contributed by atoms with E-state index in [9.17, 15) is 14.7 Å². The zero-order chi connectivity index (χ0) is 15.8. The van der Waals surface area contributed by atoms with Gasteiger partial charge in [-0.05, 0) is 17.7 Å². The highest BCUT2D eigenvalue weighted by atomic mass is 35.5. The lowest BCUT2D eigenvalue weighted by atomic mass is 10.1. The first-order valence-corrected chi connectivity index (χ1v) is 7.02. The summed E-state index contributed by atoms with van der Waals surface area (Å²) in [7, 11) is 0. The summed E-state index contributed by atoms with van der Waals surface area (Å²) >= 11 is 5.49. The molecule has 0 aliphatic rings. The van der Waals surface area contributed by atoms with Crippen molar-refractivity contribution in [1.82, 2.24) is 5.32 Å². The zero-order valence-electron chi connectivity index (χ0n) is 11.7. The molecule has 0 saturated carbocycles. The van der Waals surface area contributed by atoms with Crippen molar-refractivity contribution in [2.75, 3.05) is 17.7 Å². The average molecular weight is 315 g/mol. The minimum atomic E-state index is -1.07. The first kappa shape index (κ1) is 17.3. The molecule has 4 N–H and O–H groups in total. The maximum Gasteiger partial charge on any atom is 0.326 e. The minimum Gasteiger partial charge on any atom is -0.480 e. The molecule has 2 atom stereocenters. The lowest BCUT2D eigenvalue weighted by Crippen LogP contribution is -2.41. The summed E-state index contributed by atoms with van der Waals surface area (Å²) in [5.41, 5.74) is 1.59. The minimum absolute atomic E-state index is 0.155. The Morgan fingerprint density at radius 3 is 2.38 bits per heavy atom. The first-order chi connectivity index (χ1) is 9.92. The molecule has 21 heavy (non-hydrogen) atoms. The second-order valence-electron chi connectivity index (χ2n) is 4.68. The number of carbonyl (C=O) groups excluding carboxylic acids is 1. The number of carboxylic acids is 1. The number of carbonyl (C=O) groups is 2. The Morgan fingerprint density at radius 2 is 1.90 bits per heavy atom. The summed E-state index contributed by atoms with van der Waals surface area (Å²) in [6, 6.07) is 6.16. The van der Waals surface area contributed by atoms with E-state index in [0.29, 0.717) is 6.54 Å². The number of anilines is 1. The highest BCUT2D eigenvalue weighted by molar-refractivity contribution is 6.18. The third kappa shape index (κ3) is 6.46. The highest BCUT2D eigenvalue weighted by Gasteiger charge is 2.18. The number of aliphatic hydroxyl groups excluding tert-OH is 1. The van der Waals surface area contributed by atoms with Crippen LogP contribution in [-0.2, 0) is 16.0 Å². The van der Waals surface area contributed by atoms with E-state index < -0.39 is 18.1 Å². The number of halogens is 1. The predicted octanol–water partition coefficient (Wildman–Crippen LogP) is 0.830. The lowest BCUT2D eigenvalue weighted by Gasteiger charge is -2.14. The van der Waals surface area contributed by atoms with Gasteiger partial charge in [0.25, 0.3) is 0 Å². The molecule has 0 aromatic heterocycles. The van der Waals surface area contributed by atoms with Crippen LogP contribution >= 0.6 is 11.6 Å². The molecule has 2 unspecified atom stereocenters. The van der Waals surface area contributed by atoms with Gasteiger partial charge in [0.1, 0.15) is 6.04 Å². The van der Waals surface area contributed by atoms with Crippen molar-refractivity contribution in [3.05, 3.63) is 29.8 Å². The monoisotopic (exact) mass is 314 g/mol. The quantitative estimate of drug-likeness (QED) is 0.533. The molecule has 0 spiro atoms. The van der Waals surface area contributed by atoms with Crippen LogP contribution in [0.15, 0.2) is 24.3 Å². The van der Waals surface area contributed by atoms with Crippen LogP contribution in [0.3, 0.4) is 0 Å². The van der Waals surface area contributed by atoms with Crippen molar-refractivity contribution in [1.29, 1.82) is 0 Å². The molecular weight excluding hydrogens is 296 g/mol. The van der Waals surface area contributed by atoms with E-state index in [1.807, 2.05) is 0 Å². The molecule has 1 aromatic rings. The highest BCUT2D eigenvalue weighted by Crippen LogP contribution is 2.11. The molecule has 1 rings (SSSR count). The Hall–Kier alpha value is -1.79. The Morgan fingerprint density at radius 1 is 1.29 bits per heavy atom. The lowest BCUT2D eigenvalue weighted by molar-refractivity contribution is -0.141. The summed E-state index contributed by atoms with van der Waals surface area (Å²) in [5, 5.41) is 23.8. The van der Waals surface area contributed by atoms with Gasteiger partial charge < -0.3 is 20.8 Å². The number of nitrogens with one attached hydrogen (secondary N) is 2. The maximum atomic E-state index is 11.0. The Bertz CT molecular complexity index is 478. The van der Waals surface area contributed by atoms with Gasteiger partial charge in [-0.1, -0.05) is 12.1 Å². The largest absolute Gasteiger partial charge is 0.480 e. The summed E-state index contributed by atoms with van der Waals surface area (Å²) < 4.78 is 0. The standard InChI is InChI=1S/C14H19ClN2O4/c1-9(18)17-13(14(20)21)6-10-2-4-11(5-3-10)16-8-12(19)7-15/h2-5,12-13,16,19H,6-8H2,1H3,(H,17,18)(H,20,21). The summed E-state index contributed by atoms with van der Waals surface area (Å²) in [5.74, 6) is -1.30. The van der Waals surface area contributed by atoms with Crippen LogP contribution in [0.4, 0.5) is 5.69 Å². The van der Waals surface area contributed by atoms with Gasteiger partial charge in [-0.25, -0.2) is 4.79 Å². The molecule has 116 valence electrons. The molecular formula is C14H19ClN2O4. The average Bonchev–Trinajstić information content (AvgIpc) is 2.44. The molecule has 0 saturated heterocycles. The molecule has 0 bridgehead atoms. The SMILES string of the molecule is CC(=O)NC(Cc1ccc(NCC(O)CCl)cc1)C(=O)O. The second-order valence-corrected chi connectivity index (χ2v) is 4.99. The van der Waals surface area contributed by atoms with Gasteiger partial charge in [0.2, 0.25) is 5.91 Å². The summed E-state index contributed by atoms with van der Waals surface area (Å²) in [6.07, 6.45) is -0.415. The van der Waals surface area contributed by atoms with E-state index in [1.54, 1.807) is 24.3 Å². The van der Waals surface area contributed by atoms with E-state index in [2.05, 4.69) is 10.6 Å². The van der Waals surface area contributed by atoms with Gasteiger partial charge in [-0.3, -0.25) is 4.79 Å². The number of hydrogen-bond acceptors (Lipinski definition) is 4. The number of carboxylic acid groups (broad SMARTS) is 1. The van der Waals surface area contributed by atoms with E-state index in [-0.39, 0.29) is 18.2 Å². The van der Waals surface area contributed by atoms with Crippen molar-refractivity contribution in [2.24, 2.45) is 0 Å². The van der Waals surface area contributed by atoms with Crippen LogP contribution < -0.4 is 10.6 Å². The van der Waals surface area contributed by atoms with Crippen LogP contribution in [0, 0.1) is 0 Å². The van der Waals surface area contributed by atoms with Crippen molar-refractivity contribution in [2.45, 2.75) is 25.5 Å². The van der Waals surface area contributed by atoms with Gasteiger partial charge >= 0.3 is 5.97 Å². The third-order valence-corrected chi connectivity index (χ3v) is 3.15. The first-order valence-electron chi connectivity index (χ1n) is 6.49. The van der Waals surface area contributed by atoms with Gasteiger partial charge in [0.05, 0.1) is 12.0 Å². The van der Waals surface area contributed by atoms with Crippen molar-refractivity contribution in [3.63, 3.8) is 0 Å². The Balaban J connectivity index is 2.60. The zero-order valence-corrected chi connectivity index (χ0v) is 12.4. The van der Waals surface area contributed by atoms with E-state index >= 15 is 0 Å². The molecule has 6 nitrogen and oxygen atoms in total. The maximum absolute atomic E-state index is 11.0. The Labute approximate surface area is 128 Å². The third-order valence-electron chi connectivity index (χ3n) is 2.79. The van der Waals surface area contributed by atoms with Gasteiger partial charge in [0, 0.05) is 25.6 Å². The van der Waals surface area contributed by atoms with E-state index in [1.165, 1.54) is 6.92 Å². The van der Waals surface area contributed by atoms with Crippen LogP contribution in [-0.4, -0.2) is 46.7 Å². The number of aliphatic hydroxyl groups is 1. The fourth-order valence-electron chi connectivity index (χ4n) is 1.73. The fraction of sp³-hybridized carbons (Fsp3) is 0.429. The predicted molar refractivity (Wildman–Crippen MR) is 80.6 cm³/mol. The van der Waals surface area contributed by atoms with E-state index in [0.717, 1.165) is 11.3 Å². The van der Waals surface area contributed by atoms with Gasteiger partial charge in [-0.15, -0.1) is 11.6 Å². The normalized spacial score (nSPS) is 13.3.